The van der Waals surface area contributed by atoms with Gasteiger partial charge < -0.3 is 14.9 Å². The highest BCUT2D eigenvalue weighted by molar-refractivity contribution is 5.78. The highest BCUT2D eigenvalue weighted by Crippen LogP contribution is 2.17. The first kappa shape index (κ1) is 15.0. The van der Waals surface area contributed by atoms with Crippen LogP contribution in [0.5, 0.6) is 0 Å². The van der Waals surface area contributed by atoms with Crippen molar-refractivity contribution in [2.45, 2.75) is 64.5 Å². The van der Waals surface area contributed by atoms with E-state index in [2.05, 4.69) is 15.5 Å². The second-order valence-electron chi connectivity index (χ2n) is 5.85. The summed E-state index contributed by atoms with van der Waals surface area (Å²) in [6.07, 6.45) is 4.45. The van der Waals surface area contributed by atoms with E-state index < -0.39 is 6.10 Å². The molecule has 6 heteroatoms. The van der Waals surface area contributed by atoms with Gasteiger partial charge in [-0.3, -0.25) is 4.79 Å². The number of carbonyl (C=O) groups excluding carboxylic acids is 1. The van der Waals surface area contributed by atoms with Crippen molar-refractivity contribution >= 4 is 5.91 Å². The number of hydrogen-bond donors (Lipinski definition) is 2. The van der Waals surface area contributed by atoms with Crippen molar-refractivity contribution in [3.8, 4) is 0 Å². The molecule has 1 fully saturated rings. The molecule has 1 heterocycles. The molecule has 0 radical (unpaired) electrons. The molecule has 1 amide bonds. The Labute approximate surface area is 118 Å². The van der Waals surface area contributed by atoms with Crippen LogP contribution in [0.1, 0.15) is 51.2 Å². The zero-order valence-electron chi connectivity index (χ0n) is 12.1. The number of aliphatic hydroxyl groups excluding tert-OH is 1. The number of rotatable bonds is 6. The first-order chi connectivity index (χ1) is 9.54. The molecule has 2 N–H and O–H groups in total. The second-order valence-corrected chi connectivity index (χ2v) is 5.85. The number of amides is 1. The zero-order chi connectivity index (χ0) is 14.5. The molecule has 1 aromatic rings. The monoisotopic (exact) mass is 281 g/mol. The van der Waals surface area contributed by atoms with Crippen LogP contribution >= 0.6 is 0 Å². The second kappa shape index (κ2) is 6.83. The highest BCUT2D eigenvalue weighted by Gasteiger charge is 2.19. The Kier molecular flexibility index (Phi) is 5.11. The quantitative estimate of drug-likeness (QED) is 0.818. The van der Waals surface area contributed by atoms with E-state index in [4.69, 9.17) is 4.52 Å². The third kappa shape index (κ3) is 4.30. The van der Waals surface area contributed by atoms with Crippen LogP contribution in [0.25, 0.3) is 0 Å². The molecule has 2 rings (SSSR count). The van der Waals surface area contributed by atoms with Gasteiger partial charge in [-0.25, -0.2) is 0 Å². The molecule has 1 atom stereocenters. The number of nitrogens with one attached hydrogen (secondary N) is 1. The SMILES string of the molecule is CC(C)[C@H](O)Cc1nc(CC(=O)NC2CCCC2)no1. The summed E-state index contributed by atoms with van der Waals surface area (Å²) in [6, 6.07) is 0.302. The molecular weight excluding hydrogens is 258 g/mol. The van der Waals surface area contributed by atoms with Gasteiger partial charge in [0.2, 0.25) is 11.8 Å². The molecule has 0 aromatic carbocycles. The normalized spacial score (nSPS) is 17.6. The van der Waals surface area contributed by atoms with Gasteiger partial charge in [0.1, 0.15) is 0 Å². The predicted octanol–water partition coefficient (Wildman–Crippen LogP) is 1.23. The number of aliphatic hydroxyl groups is 1. The molecule has 112 valence electrons. The topological polar surface area (TPSA) is 88.3 Å². The summed E-state index contributed by atoms with van der Waals surface area (Å²) in [5, 5.41) is 16.5. The van der Waals surface area contributed by atoms with E-state index in [-0.39, 0.29) is 18.2 Å². The van der Waals surface area contributed by atoms with Gasteiger partial charge in [0.05, 0.1) is 18.9 Å². The average Bonchev–Trinajstić information content (AvgIpc) is 3.01. The fourth-order valence-corrected chi connectivity index (χ4v) is 2.35. The number of carbonyl (C=O) groups is 1. The maximum atomic E-state index is 11.8. The molecule has 0 spiro atoms. The Balaban J connectivity index is 1.81. The van der Waals surface area contributed by atoms with E-state index in [1.807, 2.05) is 13.8 Å². The average molecular weight is 281 g/mol. The molecular formula is C14H23N3O3. The summed E-state index contributed by atoms with van der Waals surface area (Å²) in [4.78, 5) is 16.0. The van der Waals surface area contributed by atoms with Gasteiger partial charge in [0.15, 0.2) is 5.82 Å². The summed E-state index contributed by atoms with van der Waals surface area (Å²) in [6.45, 7) is 3.86. The standard InChI is InChI=1S/C14H23N3O3/c1-9(2)11(18)7-14-16-12(17-20-14)8-13(19)15-10-5-3-4-6-10/h9-11,18H,3-8H2,1-2H3,(H,15,19)/t11-/m1/s1. The summed E-state index contributed by atoms with van der Waals surface area (Å²) < 4.78 is 5.06. The molecule has 1 saturated carbocycles. The van der Waals surface area contributed by atoms with Crippen molar-refractivity contribution in [1.29, 1.82) is 0 Å². The molecule has 0 aliphatic heterocycles. The maximum absolute atomic E-state index is 11.8. The van der Waals surface area contributed by atoms with Crippen molar-refractivity contribution in [3.63, 3.8) is 0 Å². The van der Waals surface area contributed by atoms with Gasteiger partial charge in [0.25, 0.3) is 0 Å². The summed E-state index contributed by atoms with van der Waals surface area (Å²) in [7, 11) is 0. The van der Waals surface area contributed by atoms with Crippen LogP contribution in [0.4, 0.5) is 0 Å². The van der Waals surface area contributed by atoms with E-state index in [1.54, 1.807) is 0 Å². The summed E-state index contributed by atoms with van der Waals surface area (Å²) in [5.41, 5.74) is 0. The third-order valence-corrected chi connectivity index (χ3v) is 3.70. The van der Waals surface area contributed by atoms with E-state index in [1.165, 1.54) is 12.8 Å². The van der Waals surface area contributed by atoms with Gasteiger partial charge >= 0.3 is 0 Å². The van der Waals surface area contributed by atoms with Crippen LogP contribution in [0.2, 0.25) is 0 Å². The molecule has 1 aliphatic carbocycles. The van der Waals surface area contributed by atoms with Crippen LogP contribution in [0.3, 0.4) is 0 Å². The van der Waals surface area contributed by atoms with Crippen LogP contribution < -0.4 is 5.32 Å². The Morgan fingerprint density at radius 2 is 2.15 bits per heavy atom. The Morgan fingerprint density at radius 1 is 1.45 bits per heavy atom. The minimum Gasteiger partial charge on any atom is -0.392 e. The van der Waals surface area contributed by atoms with Crippen molar-refractivity contribution in [1.82, 2.24) is 15.5 Å². The van der Waals surface area contributed by atoms with E-state index in [0.717, 1.165) is 12.8 Å². The van der Waals surface area contributed by atoms with Gasteiger partial charge in [-0.2, -0.15) is 4.98 Å². The van der Waals surface area contributed by atoms with Crippen molar-refractivity contribution in [2.75, 3.05) is 0 Å². The zero-order valence-corrected chi connectivity index (χ0v) is 12.1. The third-order valence-electron chi connectivity index (χ3n) is 3.70. The molecule has 1 aromatic heterocycles. The van der Waals surface area contributed by atoms with Crippen LogP contribution in [-0.4, -0.2) is 33.3 Å². The molecule has 1 aliphatic rings. The predicted molar refractivity (Wildman–Crippen MR) is 72.9 cm³/mol. The minimum absolute atomic E-state index is 0.0614. The first-order valence-corrected chi connectivity index (χ1v) is 7.33. The Morgan fingerprint density at radius 3 is 2.80 bits per heavy atom. The fraction of sp³-hybridized carbons (Fsp3) is 0.786. The molecule has 0 saturated heterocycles. The minimum atomic E-state index is -0.504. The van der Waals surface area contributed by atoms with Gasteiger partial charge in [-0.15, -0.1) is 0 Å². The maximum Gasteiger partial charge on any atom is 0.229 e. The lowest BCUT2D eigenvalue weighted by molar-refractivity contribution is -0.121. The smallest absolute Gasteiger partial charge is 0.229 e. The van der Waals surface area contributed by atoms with Crippen molar-refractivity contribution in [3.05, 3.63) is 11.7 Å². The van der Waals surface area contributed by atoms with Crippen LogP contribution in [-0.2, 0) is 17.6 Å². The number of hydrogen-bond acceptors (Lipinski definition) is 5. The lowest BCUT2D eigenvalue weighted by Crippen LogP contribution is -2.33. The van der Waals surface area contributed by atoms with E-state index in [9.17, 15) is 9.90 Å². The number of aromatic nitrogens is 2. The molecule has 6 nitrogen and oxygen atoms in total. The summed E-state index contributed by atoms with van der Waals surface area (Å²) in [5.74, 6) is 0.839. The summed E-state index contributed by atoms with van der Waals surface area (Å²) >= 11 is 0. The Bertz CT molecular complexity index is 439. The van der Waals surface area contributed by atoms with Gasteiger partial charge in [-0.1, -0.05) is 31.8 Å². The van der Waals surface area contributed by atoms with Crippen LogP contribution in [0, 0.1) is 5.92 Å². The van der Waals surface area contributed by atoms with Crippen molar-refractivity contribution in [2.24, 2.45) is 5.92 Å². The number of nitrogens with zero attached hydrogens (tertiary/aromatic N) is 2. The fourth-order valence-electron chi connectivity index (χ4n) is 2.35. The van der Waals surface area contributed by atoms with Crippen LogP contribution in [0.15, 0.2) is 4.52 Å². The van der Waals surface area contributed by atoms with E-state index >= 15 is 0 Å². The molecule has 0 unspecified atom stereocenters. The lowest BCUT2D eigenvalue weighted by Gasteiger charge is -2.10. The first-order valence-electron chi connectivity index (χ1n) is 7.33. The Hall–Kier alpha value is -1.43. The van der Waals surface area contributed by atoms with Gasteiger partial charge in [-0.05, 0) is 18.8 Å². The van der Waals surface area contributed by atoms with E-state index in [0.29, 0.717) is 24.2 Å². The van der Waals surface area contributed by atoms with Crippen molar-refractivity contribution < 1.29 is 14.4 Å². The van der Waals surface area contributed by atoms with Gasteiger partial charge in [0, 0.05) is 6.04 Å². The molecule has 0 bridgehead atoms. The largest absolute Gasteiger partial charge is 0.392 e. The lowest BCUT2D eigenvalue weighted by atomic mass is 10.0. The highest BCUT2D eigenvalue weighted by atomic mass is 16.5. The molecule has 20 heavy (non-hydrogen) atoms.